The normalized spacial score (nSPS) is 17.2. The average Bonchev–Trinajstić information content (AvgIpc) is 2.80. The second kappa shape index (κ2) is 12.6. The van der Waals surface area contributed by atoms with Gasteiger partial charge >= 0.3 is 0 Å². The van der Waals surface area contributed by atoms with Crippen molar-refractivity contribution in [3.05, 3.63) is 64.9 Å². The van der Waals surface area contributed by atoms with Crippen molar-refractivity contribution in [1.29, 1.82) is 5.26 Å². The molecular weight excluding hydrogens is 414 g/mol. The number of hydrogen-bond acceptors (Lipinski definition) is 6. The molecule has 1 saturated heterocycles. The fourth-order valence-electron chi connectivity index (χ4n) is 3.42. The van der Waals surface area contributed by atoms with Gasteiger partial charge in [-0.3, -0.25) is 9.78 Å². The van der Waals surface area contributed by atoms with E-state index in [-0.39, 0.29) is 11.6 Å². The van der Waals surface area contributed by atoms with E-state index in [9.17, 15) is 13.6 Å². The summed E-state index contributed by atoms with van der Waals surface area (Å²) in [6.07, 6.45) is 5.92. The van der Waals surface area contributed by atoms with Crippen LogP contribution in [0.5, 0.6) is 0 Å². The number of carbonyl (C=O) groups is 1. The zero-order chi connectivity index (χ0) is 23.5. The predicted octanol–water partition coefficient (Wildman–Crippen LogP) is 3.76. The van der Waals surface area contributed by atoms with Crippen LogP contribution in [0.4, 0.5) is 8.78 Å². The van der Waals surface area contributed by atoms with Crippen molar-refractivity contribution >= 4 is 6.29 Å². The molecule has 2 aromatic heterocycles. The van der Waals surface area contributed by atoms with Crippen molar-refractivity contribution in [3.63, 3.8) is 0 Å². The Morgan fingerprint density at radius 3 is 2.78 bits per heavy atom. The molecule has 1 fully saturated rings. The molecule has 0 aliphatic carbocycles. The van der Waals surface area contributed by atoms with Crippen LogP contribution in [-0.2, 0) is 7.05 Å². The number of nitriles is 1. The highest BCUT2D eigenvalue weighted by Crippen LogP contribution is 2.27. The van der Waals surface area contributed by atoms with E-state index in [1.807, 2.05) is 30.7 Å². The number of hydrogen-bond donors (Lipinski definition) is 0. The molecule has 2 aromatic rings. The van der Waals surface area contributed by atoms with Crippen molar-refractivity contribution in [1.82, 2.24) is 19.4 Å². The van der Waals surface area contributed by atoms with Crippen molar-refractivity contribution < 1.29 is 13.6 Å². The van der Waals surface area contributed by atoms with Gasteiger partial charge in [-0.15, -0.1) is 0 Å². The van der Waals surface area contributed by atoms with E-state index in [1.54, 1.807) is 12.3 Å². The minimum atomic E-state index is -2.58. The molecule has 0 bridgehead atoms. The number of rotatable bonds is 5. The van der Waals surface area contributed by atoms with Gasteiger partial charge in [0.1, 0.15) is 11.4 Å². The lowest BCUT2D eigenvalue weighted by molar-refractivity contribution is 0.111. The van der Waals surface area contributed by atoms with E-state index in [2.05, 4.69) is 26.9 Å². The lowest BCUT2D eigenvalue weighted by Crippen LogP contribution is -2.35. The molecule has 0 radical (unpaired) electrons. The number of aromatic nitrogens is 3. The summed E-state index contributed by atoms with van der Waals surface area (Å²) in [7, 11) is 3.92. The van der Waals surface area contributed by atoms with Gasteiger partial charge in [-0.1, -0.05) is 13.0 Å². The van der Waals surface area contributed by atoms with Crippen LogP contribution in [0, 0.1) is 11.3 Å². The summed E-state index contributed by atoms with van der Waals surface area (Å²) in [6, 6.07) is 6.43. The van der Waals surface area contributed by atoms with E-state index < -0.39 is 6.43 Å². The maximum absolute atomic E-state index is 13.1. The van der Waals surface area contributed by atoms with Gasteiger partial charge in [-0.05, 0) is 51.1 Å². The Kier molecular flexibility index (Phi) is 9.82. The Balaban J connectivity index is 0.000000303. The summed E-state index contributed by atoms with van der Waals surface area (Å²) >= 11 is 0. The highest BCUT2D eigenvalue weighted by molar-refractivity contribution is 5.72. The van der Waals surface area contributed by atoms with Crippen LogP contribution >= 0.6 is 0 Å². The summed E-state index contributed by atoms with van der Waals surface area (Å²) in [4.78, 5) is 24.3. The van der Waals surface area contributed by atoms with Crippen molar-refractivity contribution in [2.24, 2.45) is 12.0 Å². The number of aldehydes is 1. The van der Waals surface area contributed by atoms with Crippen LogP contribution < -0.4 is 5.62 Å². The number of pyridine rings is 1. The fraction of sp³-hybridized carbons (Fsp3) is 0.435. The molecule has 1 aliphatic heterocycles. The lowest BCUT2D eigenvalue weighted by Gasteiger charge is -2.31. The molecule has 0 saturated carbocycles. The van der Waals surface area contributed by atoms with Gasteiger partial charge in [0.15, 0.2) is 6.29 Å². The van der Waals surface area contributed by atoms with E-state index in [1.165, 1.54) is 18.3 Å². The summed E-state index contributed by atoms with van der Waals surface area (Å²) in [5.74, 6) is 0.244. The monoisotopic (exact) mass is 442 g/mol. The second-order valence-electron chi connectivity index (χ2n) is 7.49. The Morgan fingerprint density at radius 2 is 2.16 bits per heavy atom. The molecule has 7 nitrogen and oxygen atoms in total. The van der Waals surface area contributed by atoms with Gasteiger partial charge in [0.25, 0.3) is 6.43 Å². The highest BCUT2D eigenvalue weighted by Gasteiger charge is 2.23. The topological polar surface area (TPSA) is 87.2 Å². The first kappa shape index (κ1) is 25.0. The van der Waals surface area contributed by atoms with E-state index in [0.717, 1.165) is 38.0 Å². The molecule has 170 valence electrons. The molecular formula is C23H28F2N6O. The first-order valence-electron chi connectivity index (χ1n) is 10.4. The molecule has 0 aromatic carbocycles. The van der Waals surface area contributed by atoms with E-state index in [0.29, 0.717) is 23.2 Å². The molecule has 9 heteroatoms. The molecule has 1 atom stereocenters. The Morgan fingerprint density at radius 1 is 1.38 bits per heavy atom. The van der Waals surface area contributed by atoms with Crippen molar-refractivity contribution in [2.75, 3.05) is 20.1 Å². The summed E-state index contributed by atoms with van der Waals surface area (Å²) in [6.45, 7) is 3.94. The molecule has 0 spiro atoms. The molecule has 32 heavy (non-hydrogen) atoms. The molecule has 1 aliphatic rings. The number of alkyl halides is 2. The Hall–Kier alpha value is -3.25. The number of allylic oxidation sites excluding steroid dienone is 1. The van der Waals surface area contributed by atoms with Crippen molar-refractivity contribution in [2.45, 2.75) is 38.5 Å². The zero-order valence-corrected chi connectivity index (χ0v) is 18.6. The molecule has 0 amide bonds. The SMILES string of the molecule is CC/C=C/N=c1nc(C(F)F)cc(C2CCCN(C)C2)n1C.N#Cc1ccnc(C=O)c1. The average molecular weight is 443 g/mol. The van der Waals surface area contributed by atoms with Gasteiger partial charge < -0.3 is 9.47 Å². The van der Waals surface area contributed by atoms with Gasteiger partial charge in [-0.2, -0.15) is 5.26 Å². The fourth-order valence-corrected chi connectivity index (χ4v) is 3.42. The maximum Gasteiger partial charge on any atom is 0.280 e. The number of likely N-dealkylation sites (N-methyl/N-ethyl adjacent to an activating group) is 1. The first-order valence-corrected chi connectivity index (χ1v) is 10.4. The number of piperidine rings is 1. The molecule has 3 heterocycles. The number of nitrogens with zero attached hydrogens (tertiary/aromatic N) is 6. The van der Waals surface area contributed by atoms with Gasteiger partial charge in [0.2, 0.25) is 5.62 Å². The maximum atomic E-state index is 13.1. The predicted molar refractivity (Wildman–Crippen MR) is 117 cm³/mol. The van der Waals surface area contributed by atoms with Gasteiger partial charge in [-0.25, -0.2) is 18.8 Å². The first-order chi connectivity index (χ1) is 15.4. The largest absolute Gasteiger partial charge is 0.317 e. The molecule has 0 N–H and O–H groups in total. The van der Waals surface area contributed by atoms with Crippen LogP contribution in [0.1, 0.15) is 66.0 Å². The third-order valence-corrected chi connectivity index (χ3v) is 5.04. The van der Waals surface area contributed by atoms with Crippen LogP contribution in [-0.4, -0.2) is 45.9 Å². The third kappa shape index (κ3) is 7.17. The summed E-state index contributed by atoms with van der Waals surface area (Å²) in [5.41, 5.74) is 1.78. The third-order valence-electron chi connectivity index (χ3n) is 5.04. The van der Waals surface area contributed by atoms with Crippen LogP contribution in [0.2, 0.25) is 0 Å². The number of likely N-dealkylation sites (tertiary alicyclic amines) is 1. The van der Waals surface area contributed by atoms with Gasteiger partial charge in [0, 0.05) is 37.6 Å². The standard InChI is InChI=1S/C16H24F2N4.C7H4N2O/c1-4-5-8-19-16-20-13(15(17)18)10-14(22(16)3)12-7-6-9-21(2)11-12;8-4-6-1-2-9-7(3-6)5-10/h5,8,10,12,15H,4,6-7,9,11H2,1-3H3;1-3,5H/b8-5+,19-16?;. The number of carbonyl (C=O) groups excluding carboxylic acids is 1. The zero-order valence-electron chi connectivity index (χ0n) is 18.6. The minimum Gasteiger partial charge on any atom is -0.317 e. The van der Waals surface area contributed by atoms with Crippen molar-refractivity contribution in [3.8, 4) is 6.07 Å². The van der Waals surface area contributed by atoms with E-state index >= 15 is 0 Å². The Labute approximate surface area is 186 Å². The quantitative estimate of drug-likeness (QED) is 0.658. The lowest BCUT2D eigenvalue weighted by atomic mass is 9.94. The molecule has 3 rings (SSSR count). The van der Waals surface area contributed by atoms with Gasteiger partial charge in [0.05, 0.1) is 11.6 Å². The van der Waals surface area contributed by atoms with Crippen LogP contribution in [0.25, 0.3) is 0 Å². The Bertz CT molecular complexity index is 1040. The van der Waals surface area contributed by atoms with Crippen LogP contribution in [0.3, 0.4) is 0 Å². The highest BCUT2D eigenvalue weighted by atomic mass is 19.3. The van der Waals surface area contributed by atoms with Crippen LogP contribution in [0.15, 0.2) is 41.7 Å². The smallest absolute Gasteiger partial charge is 0.280 e. The molecule has 1 unspecified atom stereocenters. The number of halogens is 2. The second-order valence-corrected chi connectivity index (χ2v) is 7.49. The summed E-state index contributed by atoms with van der Waals surface area (Å²) in [5, 5.41) is 8.36. The summed E-state index contributed by atoms with van der Waals surface area (Å²) < 4.78 is 28.1. The van der Waals surface area contributed by atoms with E-state index in [4.69, 9.17) is 5.26 Å². The minimum absolute atomic E-state index is 0.190.